The van der Waals surface area contributed by atoms with Gasteiger partial charge in [0.2, 0.25) is 0 Å². The molecule has 0 heterocycles. The fourth-order valence-corrected chi connectivity index (χ4v) is 3.64. The van der Waals surface area contributed by atoms with Gasteiger partial charge in [0, 0.05) is 5.92 Å². The van der Waals surface area contributed by atoms with E-state index in [0.717, 1.165) is 37.7 Å². The van der Waals surface area contributed by atoms with Crippen LogP contribution in [0.4, 0.5) is 0 Å². The SMILES string of the molecule is C=C1CC(O)[C@H](/C=C/C(O)C(C)(C)CCCC)C1CC=CCCCC. The van der Waals surface area contributed by atoms with Crippen molar-refractivity contribution in [3.05, 3.63) is 36.5 Å². The van der Waals surface area contributed by atoms with Crippen LogP contribution < -0.4 is 0 Å². The highest BCUT2D eigenvalue weighted by atomic mass is 16.3. The Morgan fingerprint density at radius 3 is 2.52 bits per heavy atom. The summed E-state index contributed by atoms with van der Waals surface area (Å²) in [6.45, 7) is 12.8. The van der Waals surface area contributed by atoms with Crippen LogP contribution >= 0.6 is 0 Å². The van der Waals surface area contributed by atoms with Crippen molar-refractivity contribution in [1.82, 2.24) is 0 Å². The second-order valence-corrected chi connectivity index (χ2v) is 8.38. The smallest absolute Gasteiger partial charge is 0.0771 e. The molecule has 2 nitrogen and oxygen atoms in total. The van der Waals surface area contributed by atoms with Gasteiger partial charge >= 0.3 is 0 Å². The lowest BCUT2D eigenvalue weighted by atomic mass is 9.80. The summed E-state index contributed by atoms with van der Waals surface area (Å²) in [5.74, 6) is 0.357. The van der Waals surface area contributed by atoms with Crippen molar-refractivity contribution < 1.29 is 10.2 Å². The van der Waals surface area contributed by atoms with Crippen LogP contribution in [0.5, 0.6) is 0 Å². The van der Waals surface area contributed by atoms with Crippen LogP contribution in [0, 0.1) is 17.3 Å². The summed E-state index contributed by atoms with van der Waals surface area (Å²) in [7, 11) is 0. The lowest BCUT2D eigenvalue weighted by Gasteiger charge is -2.29. The molecule has 0 radical (unpaired) electrons. The molecule has 0 amide bonds. The van der Waals surface area contributed by atoms with Crippen LogP contribution in [0.2, 0.25) is 0 Å². The third kappa shape index (κ3) is 7.11. The Bertz CT molecular complexity index is 447. The molecule has 4 atom stereocenters. The highest BCUT2D eigenvalue weighted by Crippen LogP contribution is 2.40. The van der Waals surface area contributed by atoms with Crippen LogP contribution in [-0.2, 0) is 0 Å². The molecule has 0 aromatic carbocycles. The summed E-state index contributed by atoms with van der Waals surface area (Å²) >= 11 is 0. The van der Waals surface area contributed by atoms with Gasteiger partial charge in [-0.3, -0.25) is 0 Å². The molecule has 0 aromatic rings. The van der Waals surface area contributed by atoms with E-state index in [4.69, 9.17) is 0 Å². The first-order chi connectivity index (χ1) is 11.8. The van der Waals surface area contributed by atoms with Crippen molar-refractivity contribution in [1.29, 1.82) is 0 Å². The first-order valence-electron chi connectivity index (χ1n) is 10.2. The first kappa shape index (κ1) is 22.2. The largest absolute Gasteiger partial charge is 0.392 e. The number of aliphatic hydroxyl groups excluding tert-OH is 2. The van der Waals surface area contributed by atoms with E-state index in [1.165, 1.54) is 12.8 Å². The van der Waals surface area contributed by atoms with Crippen molar-refractivity contribution in [3.63, 3.8) is 0 Å². The molecule has 2 N–H and O–H groups in total. The van der Waals surface area contributed by atoms with E-state index in [9.17, 15) is 10.2 Å². The lowest BCUT2D eigenvalue weighted by Crippen LogP contribution is -2.28. The molecule has 0 aliphatic heterocycles. The summed E-state index contributed by atoms with van der Waals surface area (Å²) in [5, 5.41) is 21.0. The van der Waals surface area contributed by atoms with Crippen LogP contribution in [0.25, 0.3) is 0 Å². The van der Waals surface area contributed by atoms with E-state index in [0.29, 0.717) is 6.42 Å². The molecule has 0 spiro atoms. The first-order valence-corrected chi connectivity index (χ1v) is 10.2. The van der Waals surface area contributed by atoms with Gasteiger partial charge in [-0.2, -0.15) is 0 Å². The average Bonchev–Trinajstić information content (AvgIpc) is 2.83. The van der Waals surface area contributed by atoms with Gasteiger partial charge in [0.25, 0.3) is 0 Å². The normalized spacial score (nSPS) is 26.2. The number of allylic oxidation sites excluding steroid dienone is 2. The summed E-state index contributed by atoms with van der Waals surface area (Å²) in [6.07, 6.45) is 16.1. The van der Waals surface area contributed by atoms with Crippen molar-refractivity contribution in [3.8, 4) is 0 Å². The van der Waals surface area contributed by atoms with Gasteiger partial charge in [-0.05, 0) is 37.0 Å². The van der Waals surface area contributed by atoms with Crippen LogP contribution in [0.15, 0.2) is 36.5 Å². The zero-order chi connectivity index (χ0) is 18.9. The zero-order valence-corrected chi connectivity index (χ0v) is 16.9. The Morgan fingerprint density at radius 2 is 1.88 bits per heavy atom. The van der Waals surface area contributed by atoms with Gasteiger partial charge in [-0.1, -0.05) is 89.8 Å². The molecule has 0 aromatic heterocycles. The van der Waals surface area contributed by atoms with Gasteiger partial charge < -0.3 is 10.2 Å². The number of hydrogen-bond donors (Lipinski definition) is 2. The van der Waals surface area contributed by atoms with E-state index >= 15 is 0 Å². The molecule has 25 heavy (non-hydrogen) atoms. The molecule has 0 bridgehead atoms. The predicted octanol–water partition coefficient (Wildman–Crippen LogP) is 5.81. The third-order valence-corrected chi connectivity index (χ3v) is 5.68. The summed E-state index contributed by atoms with van der Waals surface area (Å²) in [6, 6.07) is 0. The van der Waals surface area contributed by atoms with Crippen LogP contribution in [-0.4, -0.2) is 22.4 Å². The van der Waals surface area contributed by atoms with E-state index < -0.39 is 6.10 Å². The van der Waals surface area contributed by atoms with E-state index in [-0.39, 0.29) is 23.4 Å². The monoisotopic (exact) mass is 348 g/mol. The lowest BCUT2D eigenvalue weighted by molar-refractivity contribution is 0.0798. The molecular weight excluding hydrogens is 308 g/mol. The van der Waals surface area contributed by atoms with E-state index in [2.05, 4.69) is 46.4 Å². The van der Waals surface area contributed by atoms with Crippen LogP contribution in [0.3, 0.4) is 0 Å². The Hall–Kier alpha value is -0.860. The minimum Gasteiger partial charge on any atom is -0.392 e. The Labute approximate surface area is 155 Å². The highest BCUT2D eigenvalue weighted by Gasteiger charge is 2.35. The molecule has 0 saturated heterocycles. The molecule has 1 aliphatic carbocycles. The molecule has 1 aliphatic rings. The van der Waals surface area contributed by atoms with Gasteiger partial charge in [-0.25, -0.2) is 0 Å². The zero-order valence-electron chi connectivity index (χ0n) is 16.9. The molecule has 2 heteroatoms. The van der Waals surface area contributed by atoms with E-state index in [1.807, 2.05) is 12.2 Å². The van der Waals surface area contributed by atoms with Crippen molar-refractivity contribution >= 4 is 0 Å². The van der Waals surface area contributed by atoms with Gasteiger partial charge in [0.1, 0.15) is 0 Å². The molecule has 1 saturated carbocycles. The number of unbranched alkanes of at least 4 members (excludes halogenated alkanes) is 3. The summed E-state index contributed by atoms with van der Waals surface area (Å²) in [4.78, 5) is 0. The summed E-state index contributed by atoms with van der Waals surface area (Å²) in [5.41, 5.74) is 1.02. The van der Waals surface area contributed by atoms with Crippen molar-refractivity contribution in [2.75, 3.05) is 0 Å². The fourth-order valence-electron chi connectivity index (χ4n) is 3.64. The highest BCUT2D eigenvalue weighted by molar-refractivity contribution is 5.19. The standard InChI is InChI=1S/C23H40O2/c1-6-8-10-11-12-13-19-18(3)17-21(24)20(19)14-15-22(25)23(4,5)16-9-7-2/h11-12,14-15,19-22,24-25H,3,6-10,13,16-17H2,1-2,4-5H3/b12-11?,15-14+/t19?,20-,21?,22?/m1/s1. The maximum absolute atomic E-state index is 10.6. The average molecular weight is 349 g/mol. The Balaban J connectivity index is 2.68. The molecule has 3 unspecified atom stereocenters. The maximum Gasteiger partial charge on any atom is 0.0771 e. The topological polar surface area (TPSA) is 40.5 Å². The second-order valence-electron chi connectivity index (χ2n) is 8.38. The number of rotatable bonds is 11. The molecular formula is C23H40O2. The molecule has 1 rings (SSSR count). The van der Waals surface area contributed by atoms with Gasteiger partial charge in [0.05, 0.1) is 12.2 Å². The number of aliphatic hydroxyl groups is 2. The van der Waals surface area contributed by atoms with Crippen LogP contribution in [0.1, 0.15) is 79.1 Å². The maximum atomic E-state index is 10.6. The second kappa shape index (κ2) is 11.0. The summed E-state index contributed by atoms with van der Waals surface area (Å²) < 4.78 is 0. The molecule has 144 valence electrons. The predicted molar refractivity (Wildman–Crippen MR) is 108 cm³/mol. The van der Waals surface area contributed by atoms with Gasteiger partial charge in [0.15, 0.2) is 0 Å². The minimum atomic E-state index is -0.471. The number of hydrogen-bond acceptors (Lipinski definition) is 2. The van der Waals surface area contributed by atoms with Gasteiger partial charge in [-0.15, -0.1) is 0 Å². The molecule has 1 fully saturated rings. The quantitative estimate of drug-likeness (QED) is 0.365. The van der Waals surface area contributed by atoms with E-state index in [1.54, 1.807) is 0 Å². The van der Waals surface area contributed by atoms with Crippen molar-refractivity contribution in [2.45, 2.75) is 91.3 Å². The Kier molecular flexibility index (Phi) is 9.74. The van der Waals surface area contributed by atoms with Crippen molar-refractivity contribution in [2.24, 2.45) is 17.3 Å². The minimum absolute atomic E-state index is 0.0694. The Morgan fingerprint density at radius 1 is 1.20 bits per heavy atom. The third-order valence-electron chi connectivity index (χ3n) is 5.68. The fraction of sp³-hybridized carbons (Fsp3) is 0.739.